The number of nitrogens with zero attached hydrogens (tertiary/aromatic N) is 1. The van der Waals surface area contributed by atoms with Crippen LogP contribution in [-0.4, -0.2) is 21.0 Å². The minimum atomic E-state index is -4.23. The number of thiophene rings is 1. The van der Waals surface area contributed by atoms with E-state index >= 15 is 0 Å². The monoisotopic (exact) mass is 534 g/mol. The first-order valence-electron chi connectivity index (χ1n) is 9.17. The lowest BCUT2D eigenvalue weighted by atomic mass is 10.1. The predicted molar refractivity (Wildman–Crippen MR) is 134 cm³/mol. The van der Waals surface area contributed by atoms with Crippen LogP contribution in [0, 0.1) is 11.8 Å². The average Bonchev–Trinajstić information content (AvgIpc) is 3.42. The maximum atomic E-state index is 13.0. The van der Waals surface area contributed by atoms with E-state index in [9.17, 15) is 19.4 Å². The molecule has 0 aliphatic heterocycles. The normalized spacial score (nSPS) is 12.5. The van der Waals surface area contributed by atoms with Gasteiger partial charge < -0.3 is 15.1 Å². The maximum Gasteiger partial charge on any atom is 0.348 e. The highest BCUT2D eigenvalue weighted by atomic mass is 35.5. The minimum Gasteiger partial charge on any atom is -0.477 e. The molecule has 0 aliphatic carbocycles. The molecular weight excluding hydrogens is 522 g/mol. The summed E-state index contributed by atoms with van der Waals surface area (Å²) >= 11 is 14.4. The van der Waals surface area contributed by atoms with E-state index in [1.807, 2.05) is 17.5 Å². The highest BCUT2D eigenvalue weighted by molar-refractivity contribution is 7.67. The van der Waals surface area contributed by atoms with Gasteiger partial charge in [0.05, 0.1) is 21.5 Å². The number of halogens is 2. The van der Waals surface area contributed by atoms with Crippen LogP contribution in [0.3, 0.4) is 0 Å². The summed E-state index contributed by atoms with van der Waals surface area (Å²) in [6.07, 6.45) is 0. The zero-order valence-electron chi connectivity index (χ0n) is 16.5. The number of nitrogens with one attached hydrogen (secondary N) is 1. The summed E-state index contributed by atoms with van der Waals surface area (Å²) < 4.78 is 13.0. The quantitative estimate of drug-likeness (QED) is 0.208. The highest BCUT2D eigenvalue weighted by Crippen LogP contribution is 2.46. The SMILES string of the molecule is O=C(O)c1sc(-c2ccc(C#Cc3cscn3)cc2)cc1NP(=O)(O)c1ccc(Cl)cc1Cl. The van der Waals surface area contributed by atoms with Crippen LogP contribution in [0.4, 0.5) is 5.69 Å². The van der Waals surface area contributed by atoms with Crippen molar-refractivity contribution in [3.63, 3.8) is 0 Å². The second-order valence-corrected chi connectivity index (χ2v) is 11.1. The summed E-state index contributed by atoms with van der Waals surface area (Å²) in [6, 6.07) is 12.9. The number of aromatic nitrogens is 1. The fourth-order valence-corrected chi connectivity index (χ4v) is 6.38. The van der Waals surface area contributed by atoms with Gasteiger partial charge in [0.25, 0.3) is 0 Å². The molecule has 6 nitrogen and oxygen atoms in total. The molecule has 0 amide bonds. The lowest BCUT2D eigenvalue weighted by Crippen LogP contribution is -2.13. The number of rotatable bonds is 5. The molecule has 33 heavy (non-hydrogen) atoms. The molecule has 2 aromatic heterocycles. The minimum absolute atomic E-state index is 0.00233. The van der Waals surface area contributed by atoms with Gasteiger partial charge in [-0.15, -0.1) is 22.7 Å². The zero-order chi connectivity index (χ0) is 23.6. The van der Waals surface area contributed by atoms with E-state index in [-0.39, 0.29) is 20.9 Å². The molecule has 3 N–H and O–H groups in total. The van der Waals surface area contributed by atoms with Crippen LogP contribution in [0.1, 0.15) is 20.9 Å². The predicted octanol–water partition coefficient (Wildman–Crippen LogP) is 6.20. The van der Waals surface area contributed by atoms with Gasteiger partial charge >= 0.3 is 13.5 Å². The zero-order valence-corrected chi connectivity index (χ0v) is 20.5. The van der Waals surface area contributed by atoms with E-state index in [1.54, 1.807) is 17.6 Å². The third-order valence-electron chi connectivity index (χ3n) is 4.37. The standard InChI is InChI=1S/C22H13Cl2N2O4PS2/c23-15-6-8-19(17(24)9-15)31(29,30)26-18-10-20(33-21(18)22(27)28)14-4-1-13(2-5-14)3-7-16-11-32-12-25-16/h1-2,4-6,8-12H,(H,27,28)(H2,26,29,30). The third-order valence-corrected chi connectivity index (χ3v) is 8.40. The van der Waals surface area contributed by atoms with Crippen molar-refractivity contribution >= 4 is 70.4 Å². The Balaban J connectivity index is 1.63. The van der Waals surface area contributed by atoms with E-state index < -0.39 is 13.5 Å². The molecule has 0 aliphatic rings. The Labute approximate surface area is 207 Å². The first-order chi connectivity index (χ1) is 15.7. The second kappa shape index (κ2) is 9.70. The molecule has 0 fully saturated rings. The molecule has 0 saturated heterocycles. The maximum absolute atomic E-state index is 13.0. The largest absolute Gasteiger partial charge is 0.477 e. The average molecular weight is 535 g/mol. The van der Waals surface area contributed by atoms with E-state index in [4.69, 9.17) is 23.2 Å². The van der Waals surface area contributed by atoms with Gasteiger partial charge in [-0.1, -0.05) is 41.3 Å². The van der Waals surface area contributed by atoms with Crippen molar-refractivity contribution in [1.82, 2.24) is 4.98 Å². The van der Waals surface area contributed by atoms with Crippen molar-refractivity contribution in [2.45, 2.75) is 0 Å². The number of hydrogen-bond donors (Lipinski definition) is 3. The van der Waals surface area contributed by atoms with Gasteiger partial charge in [0.1, 0.15) is 10.6 Å². The number of hydrogen-bond acceptors (Lipinski definition) is 5. The molecule has 0 spiro atoms. The summed E-state index contributed by atoms with van der Waals surface area (Å²) in [4.78, 5) is 27.0. The first kappa shape index (κ1) is 23.5. The van der Waals surface area contributed by atoms with Gasteiger partial charge in [0, 0.05) is 20.8 Å². The van der Waals surface area contributed by atoms with Crippen molar-refractivity contribution in [2.24, 2.45) is 0 Å². The lowest BCUT2D eigenvalue weighted by molar-refractivity contribution is 0.0703. The Morgan fingerprint density at radius 1 is 1.09 bits per heavy atom. The van der Waals surface area contributed by atoms with Crippen LogP contribution < -0.4 is 10.4 Å². The topological polar surface area (TPSA) is 99.5 Å². The Bertz CT molecular complexity index is 1440. The van der Waals surface area contributed by atoms with Gasteiger partial charge in [0.15, 0.2) is 0 Å². The Hall–Kier alpha value is -2.63. The number of carbonyl (C=O) groups is 1. The molecule has 1 unspecified atom stereocenters. The number of benzene rings is 2. The van der Waals surface area contributed by atoms with Gasteiger partial charge in [-0.05, 0) is 47.9 Å². The van der Waals surface area contributed by atoms with Crippen molar-refractivity contribution in [3.8, 4) is 22.3 Å². The van der Waals surface area contributed by atoms with Crippen LogP contribution >= 0.6 is 53.4 Å². The molecule has 0 radical (unpaired) electrons. The molecule has 4 rings (SSSR count). The van der Waals surface area contributed by atoms with Crippen molar-refractivity contribution in [2.75, 3.05) is 5.09 Å². The van der Waals surface area contributed by atoms with Gasteiger partial charge in [-0.2, -0.15) is 0 Å². The molecular formula is C22H13Cl2N2O4PS2. The smallest absolute Gasteiger partial charge is 0.348 e. The number of aromatic carboxylic acids is 1. The van der Waals surface area contributed by atoms with Crippen molar-refractivity contribution in [1.29, 1.82) is 0 Å². The molecule has 1 atom stereocenters. The van der Waals surface area contributed by atoms with Gasteiger partial charge in [-0.25, -0.2) is 9.78 Å². The van der Waals surface area contributed by atoms with Crippen LogP contribution in [0.15, 0.2) is 59.4 Å². The Kier molecular flexibility index (Phi) is 6.91. The first-order valence-corrected chi connectivity index (χ1v) is 13.3. The van der Waals surface area contributed by atoms with Gasteiger partial charge in [0.2, 0.25) is 0 Å². The van der Waals surface area contributed by atoms with Crippen molar-refractivity contribution < 1.29 is 19.4 Å². The number of carboxylic acids is 1. The van der Waals surface area contributed by atoms with E-state index in [0.29, 0.717) is 15.6 Å². The van der Waals surface area contributed by atoms with E-state index in [2.05, 4.69) is 21.9 Å². The van der Waals surface area contributed by atoms with Crippen LogP contribution in [0.5, 0.6) is 0 Å². The molecule has 0 bridgehead atoms. The summed E-state index contributed by atoms with van der Waals surface area (Å²) in [6.45, 7) is 0. The number of carboxylic acid groups (broad SMARTS) is 1. The molecule has 11 heteroatoms. The van der Waals surface area contributed by atoms with E-state index in [1.165, 1.54) is 35.6 Å². The molecule has 4 aromatic rings. The number of anilines is 1. The van der Waals surface area contributed by atoms with Crippen molar-refractivity contribution in [3.05, 3.63) is 85.6 Å². The summed E-state index contributed by atoms with van der Waals surface area (Å²) in [7, 11) is -4.23. The summed E-state index contributed by atoms with van der Waals surface area (Å²) in [5.41, 5.74) is 3.94. The van der Waals surface area contributed by atoms with Gasteiger partial charge in [-0.3, -0.25) is 4.57 Å². The Morgan fingerprint density at radius 2 is 1.85 bits per heavy atom. The summed E-state index contributed by atoms with van der Waals surface area (Å²) in [5, 5.41) is 14.2. The van der Waals surface area contributed by atoms with Crippen LogP contribution in [0.25, 0.3) is 10.4 Å². The van der Waals surface area contributed by atoms with Crippen LogP contribution in [0.2, 0.25) is 10.0 Å². The second-order valence-electron chi connectivity index (χ2n) is 6.64. The Morgan fingerprint density at radius 3 is 2.48 bits per heavy atom. The molecule has 0 saturated carbocycles. The third kappa shape index (κ3) is 5.48. The summed E-state index contributed by atoms with van der Waals surface area (Å²) in [5.74, 6) is 4.76. The van der Waals surface area contributed by atoms with Crippen LogP contribution in [-0.2, 0) is 4.57 Å². The molecule has 2 heterocycles. The fraction of sp³-hybridized carbons (Fsp3) is 0. The fourth-order valence-electron chi connectivity index (χ4n) is 2.85. The van der Waals surface area contributed by atoms with E-state index in [0.717, 1.165) is 22.5 Å². The number of thiazole rings is 1. The molecule has 2 aromatic carbocycles. The molecule has 166 valence electrons. The highest BCUT2D eigenvalue weighted by Gasteiger charge is 2.28. The lowest BCUT2D eigenvalue weighted by Gasteiger charge is -2.15.